The number of nitrogens with one attached hydrogen (secondary N) is 2. The summed E-state index contributed by atoms with van der Waals surface area (Å²) in [5.41, 5.74) is 0.798. The summed E-state index contributed by atoms with van der Waals surface area (Å²) in [5, 5.41) is 10.2. The number of rotatable bonds is 4. The molecule has 0 aromatic carbocycles. The van der Waals surface area contributed by atoms with Gasteiger partial charge in [-0.05, 0) is 43.4 Å². The van der Waals surface area contributed by atoms with Crippen molar-refractivity contribution in [1.29, 1.82) is 0 Å². The van der Waals surface area contributed by atoms with E-state index in [1.54, 1.807) is 0 Å². The fraction of sp³-hybridized carbons (Fsp3) is 0.700. The van der Waals surface area contributed by atoms with Crippen LogP contribution in [0.25, 0.3) is 0 Å². The van der Waals surface area contributed by atoms with E-state index in [2.05, 4.69) is 20.2 Å². The van der Waals surface area contributed by atoms with Gasteiger partial charge in [0.25, 0.3) is 5.91 Å². The van der Waals surface area contributed by atoms with Crippen molar-refractivity contribution in [2.45, 2.75) is 19.8 Å². The van der Waals surface area contributed by atoms with Gasteiger partial charge >= 0.3 is 0 Å². The van der Waals surface area contributed by atoms with Crippen LogP contribution in [0, 0.1) is 5.92 Å². The molecule has 1 atom stereocenters. The Morgan fingerprint density at radius 1 is 1.69 bits per heavy atom. The van der Waals surface area contributed by atoms with Crippen LogP contribution in [-0.4, -0.2) is 35.1 Å². The van der Waals surface area contributed by atoms with Crippen molar-refractivity contribution in [3.63, 3.8) is 0 Å². The molecule has 88 valence electrons. The van der Waals surface area contributed by atoms with Gasteiger partial charge in [-0.15, -0.1) is 5.10 Å². The molecule has 2 rings (SSSR count). The molecule has 1 unspecified atom stereocenters. The minimum atomic E-state index is -0.0289. The third-order valence-corrected chi connectivity index (χ3v) is 3.58. The minimum absolute atomic E-state index is 0.0289. The Hall–Kier alpha value is -1.01. The molecule has 1 aliphatic heterocycles. The van der Waals surface area contributed by atoms with Crippen LogP contribution in [0.4, 0.5) is 0 Å². The lowest BCUT2D eigenvalue weighted by atomic mass is 10.1. The van der Waals surface area contributed by atoms with Crippen molar-refractivity contribution >= 4 is 17.4 Å². The Balaban J connectivity index is 1.87. The van der Waals surface area contributed by atoms with E-state index < -0.39 is 0 Å². The molecule has 0 radical (unpaired) electrons. The van der Waals surface area contributed by atoms with E-state index in [0.717, 1.165) is 38.2 Å². The average Bonchev–Trinajstić information content (AvgIpc) is 2.96. The highest BCUT2D eigenvalue weighted by Crippen LogP contribution is 2.11. The molecule has 16 heavy (non-hydrogen) atoms. The van der Waals surface area contributed by atoms with Gasteiger partial charge in [-0.3, -0.25) is 4.79 Å². The molecule has 5 nitrogen and oxygen atoms in total. The van der Waals surface area contributed by atoms with Crippen LogP contribution < -0.4 is 10.6 Å². The molecule has 1 fully saturated rings. The van der Waals surface area contributed by atoms with Crippen LogP contribution >= 0.6 is 11.5 Å². The Labute approximate surface area is 98.8 Å². The highest BCUT2D eigenvalue weighted by Gasteiger charge is 2.18. The molecule has 6 heteroatoms. The SMILES string of the molecule is CCc1nnsc1C(=O)NCC1CCNC1. The maximum absolute atomic E-state index is 11.8. The first-order valence-corrected chi connectivity index (χ1v) is 6.38. The third kappa shape index (κ3) is 2.56. The van der Waals surface area contributed by atoms with Gasteiger partial charge in [0.15, 0.2) is 0 Å². The summed E-state index contributed by atoms with van der Waals surface area (Å²) in [7, 11) is 0. The molecule has 1 aliphatic rings. The Kier molecular flexibility index (Phi) is 3.84. The van der Waals surface area contributed by atoms with Crippen molar-refractivity contribution in [2.75, 3.05) is 19.6 Å². The first-order valence-electron chi connectivity index (χ1n) is 5.61. The van der Waals surface area contributed by atoms with Gasteiger partial charge in [0.2, 0.25) is 0 Å². The van der Waals surface area contributed by atoms with Crippen LogP contribution in [0.1, 0.15) is 28.7 Å². The van der Waals surface area contributed by atoms with Gasteiger partial charge in [-0.2, -0.15) is 0 Å². The number of hydrogen-bond acceptors (Lipinski definition) is 5. The summed E-state index contributed by atoms with van der Waals surface area (Å²) in [6.07, 6.45) is 1.89. The van der Waals surface area contributed by atoms with E-state index in [9.17, 15) is 4.79 Å². The summed E-state index contributed by atoms with van der Waals surface area (Å²) in [4.78, 5) is 12.5. The van der Waals surface area contributed by atoms with Gasteiger partial charge in [0, 0.05) is 6.54 Å². The minimum Gasteiger partial charge on any atom is -0.351 e. The van der Waals surface area contributed by atoms with Crippen molar-refractivity contribution in [2.24, 2.45) is 5.92 Å². The van der Waals surface area contributed by atoms with Crippen molar-refractivity contribution < 1.29 is 4.79 Å². The topological polar surface area (TPSA) is 66.9 Å². The number of nitrogens with zero attached hydrogens (tertiary/aromatic N) is 2. The predicted octanol–water partition coefficient (Wildman–Crippen LogP) is 0.440. The summed E-state index contributed by atoms with van der Waals surface area (Å²) in [6.45, 7) is 4.78. The fourth-order valence-electron chi connectivity index (χ4n) is 1.82. The van der Waals surface area contributed by atoms with Gasteiger partial charge in [-0.1, -0.05) is 11.4 Å². The summed E-state index contributed by atoms with van der Waals surface area (Å²) >= 11 is 1.18. The third-order valence-electron chi connectivity index (χ3n) is 2.81. The van der Waals surface area contributed by atoms with E-state index in [1.165, 1.54) is 11.5 Å². The molecule has 2 N–H and O–H groups in total. The molecule has 0 spiro atoms. The van der Waals surface area contributed by atoms with Crippen molar-refractivity contribution in [1.82, 2.24) is 20.2 Å². The molecular weight excluding hydrogens is 224 g/mol. The van der Waals surface area contributed by atoms with E-state index >= 15 is 0 Å². The van der Waals surface area contributed by atoms with Gasteiger partial charge in [0.05, 0.1) is 5.69 Å². The Bertz CT molecular complexity index is 359. The summed E-state index contributed by atoms with van der Waals surface area (Å²) in [5.74, 6) is 0.536. The molecule has 2 heterocycles. The molecular formula is C10H16N4OS. The Morgan fingerprint density at radius 3 is 3.25 bits per heavy atom. The zero-order chi connectivity index (χ0) is 11.4. The number of amides is 1. The van der Waals surface area contributed by atoms with Gasteiger partial charge < -0.3 is 10.6 Å². The molecule has 1 aromatic heterocycles. The first kappa shape index (κ1) is 11.5. The Morgan fingerprint density at radius 2 is 2.56 bits per heavy atom. The normalized spacial score (nSPS) is 19.9. The molecule has 1 amide bonds. The highest BCUT2D eigenvalue weighted by molar-refractivity contribution is 7.08. The number of hydrogen-bond donors (Lipinski definition) is 2. The van der Waals surface area contributed by atoms with Crippen molar-refractivity contribution in [3.8, 4) is 0 Å². The standard InChI is InChI=1S/C10H16N4OS/c1-2-8-9(16-14-13-8)10(15)12-6-7-3-4-11-5-7/h7,11H,2-6H2,1H3,(H,12,15). The van der Waals surface area contributed by atoms with Crippen LogP contribution in [0.2, 0.25) is 0 Å². The maximum Gasteiger partial charge on any atom is 0.264 e. The second kappa shape index (κ2) is 5.36. The van der Waals surface area contributed by atoms with Gasteiger partial charge in [0.1, 0.15) is 4.88 Å². The zero-order valence-corrected chi connectivity index (χ0v) is 10.1. The molecule has 0 aliphatic carbocycles. The first-order chi connectivity index (χ1) is 7.81. The van der Waals surface area contributed by atoms with Gasteiger partial charge in [-0.25, -0.2) is 0 Å². The van der Waals surface area contributed by atoms with E-state index in [-0.39, 0.29) is 5.91 Å². The molecule has 0 saturated carbocycles. The zero-order valence-electron chi connectivity index (χ0n) is 9.32. The van der Waals surface area contributed by atoms with Crippen LogP contribution in [0.3, 0.4) is 0 Å². The van der Waals surface area contributed by atoms with Crippen molar-refractivity contribution in [3.05, 3.63) is 10.6 Å². The van der Waals surface area contributed by atoms with Crippen LogP contribution in [0.5, 0.6) is 0 Å². The van der Waals surface area contributed by atoms with E-state index in [0.29, 0.717) is 10.8 Å². The highest BCUT2D eigenvalue weighted by atomic mass is 32.1. The summed E-state index contributed by atoms with van der Waals surface area (Å²) in [6, 6.07) is 0. The van der Waals surface area contributed by atoms with E-state index in [4.69, 9.17) is 0 Å². The number of aryl methyl sites for hydroxylation is 1. The fourth-order valence-corrected chi connectivity index (χ4v) is 2.49. The lowest BCUT2D eigenvalue weighted by molar-refractivity contribution is 0.0951. The monoisotopic (exact) mass is 240 g/mol. The lowest BCUT2D eigenvalue weighted by Gasteiger charge is -2.09. The molecule has 1 aromatic rings. The van der Waals surface area contributed by atoms with Crippen LogP contribution in [0.15, 0.2) is 0 Å². The predicted molar refractivity (Wildman–Crippen MR) is 62.6 cm³/mol. The maximum atomic E-state index is 11.8. The largest absolute Gasteiger partial charge is 0.351 e. The second-order valence-electron chi connectivity index (χ2n) is 3.97. The number of carbonyl (C=O) groups is 1. The number of aromatic nitrogens is 2. The molecule has 1 saturated heterocycles. The van der Waals surface area contributed by atoms with Crippen LogP contribution in [-0.2, 0) is 6.42 Å². The summed E-state index contributed by atoms with van der Waals surface area (Å²) < 4.78 is 3.81. The number of carbonyl (C=O) groups excluding carboxylic acids is 1. The second-order valence-corrected chi connectivity index (χ2v) is 4.73. The quantitative estimate of drug-likeness (QED) is 0.801. The van der Waals surface area contributed by atoms with E-state index in [1.807, 2.05) is 6.92 Å². The molecule has 0 bridgehead atoms. The lowest BCUT2D eigenvalue weighted by Crippen LogP contribution is -2.30. The average molecular weight is 240 g/mol. The smallest absolute Gasteiger partial charge is 0.264 e.